The monoisotopic (exact) mass is 299 g/mol. The Kier molecular flexibility index (Phi) is 4.91. The van der Waals surface area contributed by atoms with E-state index < -0.39 is 0 Å². The minimum Gasteiger partial charge on any atom is -0.351 e. The van der Waals surface area contributed by atoms with Crippen LogP contribution in [0.25, 0.3) is 0 Å². The second-order valence-electron chi connectivity index (χ2n) is 6.05. The van der Waals surface area contributed by atoms with Crippen molar-refractivity contribution in [1.29, 1.82) is 0 Å². The van der Waals surface area contributed by atoms with Gasteiger partial charge in [0.15, 0.2) is 0 Å². The molecular weight excluding hydrogens is 278 g/mol. The fraction of sp³-hybridized carbons (Fsp3) is 0.667. The largest absolute Gasteiger partial charge is 0.351 e. The van der Waals surface area contributed by atoms with E-state index in [-0.39, 0.29) is 11.3 Å². The van der Waals surface area contributed by atoms with Gasteiger partial charge in [-0.25, -0.2) is 0 Å². The number of carbonyl (C=O) groups excluding carboxylic acids is 1. The summed E-state index contributed by atoms with van der Waals surface area (Å²) in [6.07, 6.45) is 5.71. The van der Waals surface area contributed by atoms with E-state index in [9.17, 15) is 4.79 Å². The lowest BCUT2D eigenvalue weighted by Crippen LogP contribution is -2.33. The molecule has 0 saturated carbocycles. The molecule has 0 spiro atoms. The molecule has 0 saturated heterocycles. The first-order valence-corrected chi connectivity index (χ1v) is 8.33. The molecule has 1 heterocycles. The minimum atomic E-state index is 0.0638. The summed E-state index contributed by atoms with van der Waals surface area (Å²) in [6, 6.07) is 2.09. The van der Waals surface area contributed by atoms with E-state index in [1.54, 1.807) is 11.3 Å². The van der Waals surface area contributed by atoms with Crippen molar-refractivity contribution in [3.05, 3.63) is 21.4 Å². The van der Waals surface area contributed by atoms with Crippen LogP contribution in [0.5, 0.6) is 0 Å². The molecule has 1 aliphatic carbocycles. The molecule has 0 atom stereocenters. The molecule has 0 fully saturated rings. The van der Waals surface area contributed by atoms with E-state index >= 15 is 0 Å². The summed E-state index contributed by atoms with van der Waals surface area (Å²) >= 11 is 7.45. The first kappa shape index (κ1) is 14.9. The molecule has 19 heavy (non-hydrogen) atoms. The van der Waals surface area contributed by atoms with E-state index in [0.29, 0.717) is 12.4 Å². The second kappa shape index (κ2) is 6.27. The van der Waals surface area contributed by atoms with Crippen LogP contribution >= 0.6 is 22.9 Å². The van der Waals surface area contributed by atoms with Crippen molar-refractivity contribution in [3.8, 4) is 0 Å². The number of fused-ring (bicyclic) bond motifs is 1. The topological polar surface area (TPSA) is 29.1 Å². The van der Waals surface area contributed by atoms with Crippen LogP contribution in [0.4, 0.5) is 0 Å². The van der Waals surface area contributed by atoms with Gasteiger partial charge in [0.05, 0.1) is 4.88 Å². The summed E-state index contributed by atoms with van der Waals surface area (Å²) < 4.78 is 0. The van der Waals surface area contributed by atoms with Gasteiger partial charge in [-0.1, -0.05) is 13.8 Å². The van der Waals surface area contributed by atoms with Crippen LogP contribution in [0.2, 0.25) is 0 Å². The van der Waals surface area contributed by atoms with Gasteiger partial charge < -0.3 is 5.32 Å². The average molecular weight is 300 g/mol. The number of amides is 1. The number of aryl methyl sites for hydroxylation is 2. The maximum atomic E-state index is 12.2. The fourth-order valence-corrected chi connectivity index (χ4v) is 4.04. The zero-order chi connectivity index (χ0) is 13.9. The van der Waals surface area contributed by atoms with E-state index in [1.165, 1.54) is 23.3 Å². The fourth-order valence-electron chi connectivity index (χ4n) is 2.35. The Balaban J connectivity index is 1.95. The van der Waals surface area contributed by atoms with Crippen LogP contribution in [0.1, 0.15) is 53.2 Å². The Labute approximate surface area is 124 Å². The maximum absolute atomic E-state index is 12.2. The lowest BCUT2D eigenvalue weighted by atomic mass is 9.90. The number of hydrogen-bond donors (Lipinski definition) is 1. The van der Waals surface area contributed by atoms with Crippen molar-refractivity contribution < 1.29 is 4.79 Å². The smallest absolute Gasteiger partial charge is 0.261 e. The molecule has 1 aliphatic rings. The molecule has 1 aromatic rings. The molecule has 0 bridgehead atoms. The average Bonchev–Trinajstić information content (AvgIpc) is 2.79. The van der Waals surface area contributed by atoms with Crippen molar-refractivity contribution in [1.82, 2.24) is 5.32 Å². The van der Waals surface area contributed by atoms with Crippen molar-refractivity contribution >= 4 is 28.8 Å². The van der Waals surface area contributed by atoms with Crippen LogP contribution < -0.4 is 5.32 Å². The quantitative estimate of drug-likeness (QED) is 0.818. The zero-order valence-electron chi connectivity index (χ0n) is 11.7. The summed E-state index contributed by atoms with van der Waals surface area (Å²) in [5.41, 5.74) is 1.45. The molecule has 4 heteroatoms. The van der Waals surface area contributed by atoms with Crippen LogP contribution in [-0.2, 0) is 12.8 Å². The molecule has 106 valence electrons. The highest BCUT2D eigenvalue weighted by atomic mass is 35.5. The number of rotatable bonds is 5. The molecule has 0 unspecified atom stereocenters. The van der Waals surface area contributed by atoms with E-state index in [0.717, 1.165) is 24.1 Å². The highest BCUT2D eigenvalue weighted by Crippen LogP contribution is 2.29. The zero-order valence-corrected chi connectivity index (χ0v) is 13.3. The number of halogens is 1. The van der Waals surface area contributed by atoms with Gasteiger partial charge in [0, 0.05) is 17.3 Å². The normalized spacial score (nSPS) is 15.1. The number of hydrogen-bond acceptors (Lipinski definition) is 2. The van der Waals surface area contributed by atoms with Crippen LogP contribution in [0.15, 0.2) is 6.07 Å². The number of alkyl halides is 1. The Morgan fingerprint density at radius 1 is 1.42 bits per heavy atom. The summed E-state index contributed by atoms with van der Waals surface area (Å²) in [7, 11) is 0. The SMILES string of the molecule is CC(C)(CCCl)CNC(=O)c1cc2c(s1)CCCC2. The Bertz CT molecular complexity index is 429. The van der Waals surface area contributed by atoms with Crippen molar-refractivity contribution in [2.45, 2.75) is 46.0 Å². The third-order valence-electron chi connectivity index (χ3n) is 3.72. The molecular formula is C15H22ClNOS. The Morgan fingerprint density at radius 3 is 2.84 bits per heavy atom. The van der Waals surface area contributed by atoms with Crippen LogP contribution in [0, 0.1) is 5.41 Å². The maximum Gasteiger partial charge on any atom is 0.261 e. The number of nitrogens with one attached hydrogen (secondary N) is 1. The van der Waals surface area contributed by atoms with Gasteiger partial charge in [-0.2, -0.15) is 0 Å². The van der Waals surface area contributed by atoms with Gasteiger partial charge in [-0.3, -0.25) is 4.79 Å². The highest BCUT2D eigenvalue weighted by molar-refractivity contribution is 7.14. The van der Waals surface area contributed by atoms with Crippen molar-refractivity contribution in [2.24, 2.45) is 5.41 Å². The highest BCUT2D eigenvalue weighted by Gasteiger charge is 2.21. The van der Waals surface area contributed by atoms with Gasteiger partial charge >= 0.3 is 0 Å². The summed E-state index contributed by atoms with van der Waals surface area (Å²) in [4.78, 5) is 14.5. The molecule has 0 radical (unpaired) electrons. The molecule has 2 rings (SSSR count). The third-order valence-corrected chi connectivity index (χ3v) is 5.14. The summed E-state index contributed by atoms with van der Waals surface area (Å²) in [5.74, 6) is 0.706. The van der Waals surface area contributed by atoms with E-state index in [2.05, 4.69) is 25.2 Å². The van der Waals surface area contributed by atoms with Crippen molar-refractivity contribution in [3.63, 3.8) is 0 Å². The van der Waals surface area contributed by atoms with Gasteiger partial charge in [0.25, 0.3) is 5.91 Å². The molecule has 0 aliphatic heterocycles. The first-order valence-electron chi connectivity index (χ1n) is 6.97. The molecule has 1 aromatic heterocycles. The molecule has 2 nitrogen and oxygen atoms in total. The van der Waals surface area contributed by atoms with Gasteiger partial charge in [0.2, 0.25) is 0 Å². The lowest BCUT2D eigenvalue weighted by Gasteiger charge is -2.23. The summed E-state index contributed by atoms with van der Waals surface area (Å²) in [6.45, 7) is 4.95. The van der Waals surface area contributed by atoms with E-state index in [4.69, 9.17) is 11.6 Å². The predicted molar refractivity (Wildman–Crippen MR) is 82.4 cm³/mol. The van der Waals surface area contributed by atoms with Crippen molar-refractivity contribution in [2.75, 3.05) is 12.4 Å². The number of thiophene rings is 1. The van der Waals surface area contributed by atoms with Gasteiger partial charge in [0.1, 0.15) is 0 Å². The summed E-state index contributed by atoms with van der Waals surface area (Å²) in [5, 5.41) is 3.05. The molecule has 1 amide bonds. The predicted octanol–water partition coefficient (Wildman–Crippen LogP) is 4.01. The first-order chi connectivity index (χ1) is 9.02. The lowest BCUT2D eigenvalue weighted by molar-refractivity contribution is 0.0940. The van der Waals surface area contributed by atoms with E-state index in [1.807, 2.05) is 0 Å². The van der Waals surface area contributed by atoms with Gasteiger partial charge in [-0.15, -0.1) is 22.9 Å². The Morgan fingerprint density at radius 2 is 2.16 bits per heavy atom. The number of carbonyl (C=O) groups is 1. The molecule has 1 N–H and O–H groups in total. The second-order valence-corrected chi connectivity index (χ2v) is 7.57. The van der Waals surface area contributed by atoms with Crippen LogP contribution in [0.3, 0.4) is 0 Å². The molecule has 0 aromatic carbocycles. The standard InChI is InChI=1S/C15H22ClNOS/c1-15(2,7-8-16)10-17-14(18)13-9-11-5-3-4-6-12(11)19-13/h9H,3-8,10H2,1-2H3,(H,17,18). The van der Waals surface area contributed by atoms with Gasteiger partial charge in [-0.05, 0) is 49.1 Å². The minimum absolute atomic E-state index is 0.0638. The Hall–Kier alpha value is -0.540. The van der Waals surface area contributed by atoms with Crippen LogP contribution in [-0.4, -0.2) is 18.3 Å². The third kappa shape index (κ3) is 3.96.